The summed E-state index contributed by atoms with van der Waals surface area (Å²) < 4.78 is 13.2. The number of nitrogens with one attached hydrogen (secondary N) is 1. The van der Waals surface area contributed by atoms with Gasteiger partial charge in [-0.15, -0.1) is 0 Å². The first-order valence-electron chi connectivity index (χ1n) is 6.37. The molecule has 0 fully saturated rings. The minimum Gasteiger partial charge on any atom is -0.399 e. The van der Waals surface area contributed by atoms with E-state index < -0.39 is 0 Å². The van der Waals surface area contributed by atoms with Gasteiger partial charge in [-0.1, -0.05) is 13.8 Å². The van der Waals surface area contributed by atoms with E-state index in [1.807, 2.05) is 25.8 Å². The molecule has 0 saturated heterocycles. The van der Waals surface area contributed by atoms with Gasteiger partial charge < -0.3 is 11.1 Å². The molecule has 4 nitrogen and oxygen atoms in total. The molecule has 0 aliphatic heterocycles. The number of likely N-dealkylation sites (N-methyl/N-ethyl adjacent to an activating group) is 1. The SMILES string of the molecule is CC(C)CNC(=O)CN(C)Cc1cc(N)cc(F)c1. The molecule has 0 atom stereocenters. The maximum Gasteiger partial charge on any atom is 0.234 e. The fourth-order valence-corrected chi connectivity index (χ4v) is 1.75. The molecule has 0 aliphatic carbocycles. The number of halogens is 1. The molecule has 106 valence electrons. The number of hydrogen-bond acceptors (Lipinski definition) is 3. The standard InChI is InChI=1S/C14H22FN3O/c1-10(2)7-17-14(19)9-18(3)8-11-4-12(15)6-13(16)5-11/h4-6,10H,7-9,16H2,1-3H3,(H,17,19). The molecule has 1 aromatic rings. The number of carbonyl (C=O) groups excluding carboxylic acids is 1. The molecule has 1 aromatic carbocycles. The predicted molar refractivity (Wildman–Crippen MR) is 75.0 cm³/mol. The number of nitrogens with two attached hydrogens (primary N) is 1. The fourth-order valence-electron chi connectivity index (χ4n) is 1.75. The van der Waals surface area contributed by atoms with Crippen molar-refractivity contribution in [2.75, 3.05) is 25.9 Å². The molecule has 0 aliphatic rings. The minimum absolute atomic E-state index is 0.0272. The second-order valence-corrected chi connectivity index (χ2v) is 5.26. The monoisotopic (exact) mass is 267 g/mol. The highest BCUT2D eigenvalue weighted by molar-refractivity contribution is 5.77. The van der Waals surface area contributed by atoms with Crippen molar-refractivity contribution >= 4 is 11.6 Å². The first-order chi connectivity index (χ1) is 8.86. The van der Waals surface area contributed by atoms with Crippen LogP contribution >= 0.6 is 0 Å². The molecule has 0 aromatic heterocycles. The third-order valence-corrected chi connectivity index (χ3v) is 2.55. The van der Waals surface area contributed by atoms with E-state index in [1.54, 1.807) is 6.07 Å². The van der Waals surface area contributed by atoms with Crippen LogP contribution in [0.15, 0.2) is 18.2 Å². The van der Waals surface area contributed by atoms with Gasteiger partial charge >= 0.3 is 0 Å². The molecule has 3 N–H and O–H groups in total. The van der Waals surface area contributed by atoms with Crippen LogP contribution < -0.4 is 11.1 Å². The summed E-state index contributed by atoms with van der Waals surface area (Å²) in [7, 11) is 1.82. The second kappa shape index (κ2) is 7.09. The summed E-state index contributed by atoms with van der Waals surface area (Å²) in [5.41, 5.74) is 6.74. The normalized spacial score (nSPS) is 11.1. The van der Waals surface area contributed by atoms with Gasteiger partial charge in [-0.25, -0.2) is 4.39 Å². The third kappa shape index (κ3) is 6.20. The molecule has 0 saturated carbocycles. The summed E-state index contributed by atoms with van der Waals surface area (Å²) in [5.74, 6) is 0.0468. The predicted octanol–water partition coefficient (Wildman–Crippen LogP) is 1.61. The van der Waals surface area contributed by atoms with Crippen molar-refractivity contribution < 1.29 is 9.18 Å². The van der Waals surface area contributed by atoms with Crippen LogP contribution in [0.1, 0.15) is 19.4 Å². The van der Waals surface area contributed by atoms with E-state index in [1.165, 1.54) is 12.1 Å². The summed E-state index contributed by atoms with van der Waals surface area (Å²) in [6, 6.07) is 4.42. The van der Waals surface area contributed by atoms with Crippen molar-refractivity contribution in [3.63, 3.8) is 0 Å². The van der Waals surface area contributed by atoms with Crippen LogP contribution in [0, 0.1) is 11.7 Å². The van der Waals surface area contributed by atoms with Gasteiger partial charge in [0.2, 0.25) is 5.91 Å². The summed E-state index contributed by atoms with van der Waals surface area (Å²) in [5, 5.41) is 2.84. The third-order valence-electron chi connectivity index (χ3n) is 2.55. The van der Waals surface area contributed by atoms with Crippen molar-refractivity contribution in [3.05, 3.63) is 29.6 Å². The van der Waals surface area contributed by atoms with Crippen molar-refractivity contribution in [3.8, 4) is 0 Å². The maximum absolute atomic E-state index is 13.2. The second-order valence-electron chi connectivity index (χ2n) is 5.26. The zero-order valence-electron chi connectivity index (χ0n) is 11.7. The highest BCUT2D eigenvalue weighted by Gasteiger charge is 2.08. The number of amides is 1. The van der Waals surface area contributed by atoms with Gasteiger partial charge in [-0.2, -0.15) is 0 Å². The molecule has 0 unspecified atom stereocenters. The first-order valence-corrected chi connectivity index (χ1v) is 6.37. The van der Waals surface area contributed by atoms with Gasteiger partial charge in [-0.3, -0.25) is 9.69 Å². The fraction of sp³-hybridized carbons (Fsp3) is 0.500. The zero-order chi connectivity index (χ0) is 14.4. The quantitative estimate of drug-likeness (QED) is 0.770. The molecule has 0 radical (unpaired) electrons. The average molecular weight is 267 g/mol. The highest BCUT2D eigenvalue weighted by atomic mass is 19.1. The van der Waals surface area contributed by atoms with Gasteiger partial charge in [0, 0.05) is 18.8 Å². The van der Waals surface area contributed by atoms with Crippen LogP contribution in [0.3, 0.4) is 0 Å². The Morgan fingerprint density at radius 3 is 2.68 bits per heavy atom. The summed E-state index contributed by atoms with van der Waals surface area (Å²) in [4.78, 5) is 13.5. The molecule has 5 heteroatoms. The van der Waals surface area contributed by atoms with E-state index >= 15 is 0 Å². The van der Waals surface area contributed by atoms with Gasteiger partial charge in [0.05, 0.1) is 6.54 Å². The Hall–Kier alpha value is -1.62. The Balaban J connectivity index is 2.46. The molecule has 19 heavy (non-hydrogen) atoms. The zero-order valence-corrected chi connectivity index (χ0v) is 11.7. The largest absolute Gasteiger partial charge is 0.399 e. The lowest BCUT2D eigenvalue weighted by Crippen LogP contribution is -2.36. The minimum atomic E-state index is -0.354. The lowest BCUT2D eigenvalue weighted by molar-refractivity contribution is -0.122. The Bertz CT molecular complexity index is 414. The Morgan fingerprint density at radius 1 is 1.42 bits per heavy atom. The van der Waals surface area contributed by atoms with Crippen LogP contribution in [-0.2, 0) is 11.3 Å². The number of nitrogens with zero attached hydrogens (tertiary/aromatic N) is 1. The van der Waals surface area contributed by atoms with Crippen LogP contribution in [0.5, 0.6) is 0 Å². The molecular formula is C14H22FN3O. The van der Waals surface area contributed by atoms with Crippen LogP contribution in [-0.4, -0.2) is 30.9 Å². The smallest absolute Gasteiger partial charge is 0.234 e. The van der Waals surface area contributed by atoms with E-state index in [9.17, 15) is 9.18 Å². The topological polar surface area (TPSA) is 58.4 Å². The Morgan fingerprint density at radius 2 is 2.11 bits per heavy atom. The molecule has 1 rings (SSSR count). The van der Waals surface area contributed by atoms with Crippen molar-refractivity contribution in [2.24, 2.45) is 5.92 Å². The van der Waals surface area contributed by atoms with Gasteiger partial charge in [-0.05, 0) is 36.7 Å². The highest BCUT2D eigenvalue weighted by Crippen LogP contribution is 2.12. The molecule has 0 bridgehead atoms. The van der Waals surface area contributed by atoms with Gasteiger partial charge in [0.25, 0.3) is 0 Å². The van der Waals surface area contributed by atoms with Crippen LogP contribution in [0.25, 0.3) is 0 Å². The van der Waals surface area contributed by atoms with Crippen LogP contribution in [0.4, 0.5) is 10.1 Å². The maximum atomic E-state index is 13.2. The van der Waals surface area contributed by atoms with E-state index in [-0.39, 0.29) is 18.3 Å². The number of nitrogen functional groups attached to an aromatic ring is 1. The van der Waals surface area contributed by atoms with E-state index in [0.29, 0.717) is 24.7 Å². The average Bonchev–Trinajstić information content (AvgIpc) is 2.24. The van der Waals surface area contributed by atoms with E-state index in [2.05, 4.69) is 5.32 Å². The molecule has 0 spiro atoms. The van der Waals surface area contributed by atoms with Gasteiger partial charge in [0.15, 0.2) is 0 Å². The number of carbonyl (C=O) groups is 1. The van der Waals surface area contributed by atoms with Crippen molar-refractivity contribution in [1.29, 1.82) is 0 Å². The summed E-state index contributed by atoms with van der Waals surface area (Å²) in [6.45, 7) is 5.51. The summed E-state index contributed by atoms with van der Waals surface area (Å²) in [6.07, 6.45) is 0. The Labute approximate surface area is 113 Å². The lowest BCUT2D eigenvalue weighted by Gasteiger charge is -2.17. The van der Waals surface area contributed by atoms with Crippen molar-refractivity contribution in [1.82, 2.24) is 10.2 Å². The Kier molecular flexibility index (Phi) is 5.76. The number of rotatable bonds is 6. The first kappa shape index (κ1) is 15.4. The van der Waals surface area contributed by atoms with Crippen LogP contribution in [0.2, 0.25) is 0 Å². The van der Waals surface area contributed by atoms with Gasteiger partial charge in [0.1, 0.15) is 5.82 Å². The lowest BCUT2D eigenvalue weighted by atomic mass is 10.2. The summed E-state index contributed by atoms with van der Waals surface area (Å²) >= 11 is 0. The molecular weight excluding hydrogens is 245 g/mol. The van der Waals surface area contributed by atoms with E-state index in [0.717, 1.165) is 5.56 Å². The van der Waals surface area contributed by atoms with Crippen molar-refractivity contribution in [2.45, 2.75) is 20.4 Å². The molecule has 1 amide bonds. The number of anilines is 1. The number of hydrogen-bond donors (Lipinski definition) is 2. The van der Waals surface area contributed by atoms with E-state index in [4.69, 9.17) is 5.73 Å². The molecule has 0 heterocycles. The number of benzene rings is 1.